The van der Waals surface area contributed by atoms with E-state index in [1.807, 2.05) is 0 Å². The Labute approximate surface area is 99.0 Å². The molecule has 0 aromatic heterocycles. The number of benzene rings is 2. The van der Waals surface area contributed by atoms with Crippen LogP contribution < -0.4 is 5.11 Å². The number of carboxylic acids is 1. The molecule has 2 aromatic rings. The van der Waals surface area contributed by atoms with Crippen LogP contribution in [0, 0.1) is 0 Å². The Kier molecular flexibility index (Phi) is 3.21. The number of aliphatic hydroxyl groups excluding tert-OH is 1. The van der Waals surface area contributed by atoms with Crippen molar-refractivity contribution in [1.82, 2.24) is 0 Å². The van der Waals surface area contributed by atoms with Crippen molar-refractivity contribution in [3.63, 3.8) is 0 Å². The lowest BCUT2D eigenvalue weighted by atomic mass is 9.96. The molecule has 86 valence electrons. The molecule has 0 saturated heterocycles. The summed E-state index contributed by atoms with van der Waals surface area (Å²) in [6.07, 6.45) is 0. The second-order valence-corrected chi connectivity index (χ2v) is 3.65. The van der Waals surface area contributed by atoms with Crippen molar-refractivity contribution in [2.45, 2.75) is 6.61 Å². The molecule has 1 N–H and O–H groups in total. The van der Waals surface area contributed by atoms with Crippen molar-refractivity contribution < 1.29 is 15.0 Å². The summed E-state index contributed by atoms with van der Waals surface area (Å²) in [5.74, 6) is -1.21. The van der Waals surface area contributed by atoms with E-state index in [9.17, 15) is 15.0 Å². The molecule has 0 aliphatic rings. The SMILES string of the molecule is O=C([O-])c1ccccc1-c1ccccc1CO. The zero-order valence-electron chi connectivity index (χ0n) is 9.09. The van der Waals surface area contributed by atoms with Gasteiger partial charge in [-0.2, -0.15) is 0 Å². The molecule has 0 saturated carbocycles. The molecule has 0 bridgehead atoms. The quantitative estimate of drug-likeness (QED) is 0.857. The van der Waals surface area contributed by atoms with Crippen molar-refractivity contribution in [2.75, 3.05) is 0 Å². The number of carboxylic acid groups (broad SMARTS) is 1. The van der Waals surface area contributed by atoms with Gasteiger partial charge in [0.25, 0.3) is 0 Å². The maximum Gasteiger partial charge on any atom is 0.0721 e. The molecule has 2 aromatic carbocycles. The van der Waals surface area contributed by atoms with Crippen LogP contribution >= 0.6 is 0 Å². The monoisotopic (exact) mass is 227 g/mol. The Bertz CT molecular complexity index is 547. The molecule has 3 heteroatoms. The third-order valence-electron chi connectivity index (χ3n) is 2.62. The predicted octanol–water partition coefficient (Wildman–Crippen LogP) is 1.21. The summed E-state index contributed by atoms with van der Waals surface area (Å²) in [7, 11) is 0. The van der Waals surface area contributed by atoms with E-state index in [1.165, 1.54) is 6.07 Å². The molecule has 0 amide bonds. The van der Waals surface area contributed by atoms with E-state index < -0.39 is 5.97 Å². The zero-order chi connectivity index (χ0) is 12.3. The van der Waals surface area contributed by atoms with Crippen molar-refractivity contribution in [3.8, 4) is 11.1 Å². The number of aromatic carboxylic acids is 1. The van der Waals surface area contributed by atoms with Gasteiger partial charge in [-0.25, -0.2) is 0 Å². The second-order valence-electron chi connectivity index (χ2n) is 3.65. The Morgan fingerprint density at radius 2 is 1.59 bits per heavy atom. The van der Waals surface area contributed by atoms with Gasteiger partial charge in [-0.1, -0.05) is 48.5 Å². The molecule has 0 unspecified atom stereocenters. The van der Waals surface area contributed by atoms with Crippen LogP contribution in [0.5, 0.6) is 0 Å². The average molecular weight is 227 g/mol. The van der Waals surface area contributed by atoms with E-state index in [0.717, 1.165) is 5.56 Å². The summed E-state index contributed by atoms with van der Waals surface area (Å²) in [4.78, 5) is 11.0. The molecule has 0 aliphatic heterocycles. The number of hydrogen-bond donors (Lipinski definition) is 1. The second kappa shape index (κ2) is 4.80. The topological polar surface area (TPSA) is 60.4 Å². The van der Waals surface area contributed by atoms with Crippen molar-refractivity contribution in [3.05, 3.63) is 59.7 Å². The van der Waals surface area contributed by atoms with Gasteiger partial charge in [0.1, 0.15) is 0 Å². The molecule has 0 heterocycles. The minimum Gasteiger partial charge on any atom is -0.545 e. The smallest absolute Gasteiger partial charge is 0.0721 e. The number of carbonyl (C=O) groups is 1. The highest BCUT2D eigenvalue weighted by molar-refractivity contribution is 5.95. The molecule has 17 heavy (non-hydrogen) atoms. The standard InChI is InChI=1S/C14H12O3/c15-9-10-5-1-2-6-11(10)12-7-3-4-8-13(12)14(16)17/h1-8,15H,9H2,(H,16,17)/p-1. The molecule has 0 radical (unpaired) electrons. The normalized spacial score (nSPS) is 10.2. The molecule has 0 fully saturated rings. The highest BCUT2D eigenvalue weighted by Gasteiger charge is 2.08. The summed E-state index contributed by atoms with van der Waals surface area (Å²) in [6, 6.07) is 13.8. The first-order valence-corrected chi connectivity index (χ1v) is 5.23. The van der Waals surface area contributed by atoms with Crippen molar-refractivity contribution >= 4 is 5.97 Å². The molecular formula is C14H11O3-. The van der Waals surface area contributed by atoms with E-state index in [4.69, 9.17) is 0 Å². The fourth-order valence-corrected chi connectivity index (χ4v) is 1.82. The Morgan fingerprint density at radius 1 is 1.00 bits per heavy atom. The van der Waals surface area contributed by atoms with Gasteiger partial charge in [-0.05, 0) is 16.7 Å². The number of rotatable bonds is 3. The van der Waals surface area contributed by atoms with Crippen LogP contribution in [0.4, 0.5) is 0 Å². The van der Waals surface area contributed by atoms with Crippen LogP contribution in [-0.2, 0) is 6.61 Å². The average Bonchev–Trinajstić information content (AvgIpc) is 2.38. The fraction of sp³-hybridized carbons (Fsp3) is 0.0714. The minimum absolute atomic E-state index is 0.127. The number of hydrogen-bond acceptors (Lipinski definition) is 3. The molecule has 2 rings (SSSR count). The largest absolute Gasteiger partial charge is 0.545 e. The third-order valence-corrected chi connectivity index (χ3v) is 2.62. The van der Waals surface area contributed by atoms with E-state index in [1.54, 1.807) is 42.5 Å². The first kappa shape index (κ1) is 11.4. The predicted molar refractivity (Wildman–Crippen MR) is 62.1 cm³/mol. The van der Waals surface area contributed by atoms with Gasteiger partial charge in [0.2, 0.25) is 0 Å². The van der Waals surface area contributed by atoms with Gasteiger partial charge < -0.3 is 15.0 Å². The van der Waals surface area contributed by atoms with Gasteiger partial charge in [-0.3, -0.25) is 0 Å². The Hall–Kier alpha value is -2.13. The molecular weight excluding hydrogens is 216 g/mol. The van der Waals surface area contributed by atoms with E-state index >= 15 is 0 Å². The first-order valence-electron chi connectivity index (χ1n) is 5.23. The van der Waals surface area contributed by atoms with Crippen LogP contribution in [0.3, 0.4) is 0 Å². The summed E-state index contributed by atoms with van der Waals surface area (Å²) >= 11 is 0. The van der Waals surface area contributed by atoms with Gasteiger partial charge in [0, 0.05) is 5.56 Å². The van der Waals surface area contributed by atoms with Gasteiger partial charge in [-0.15, -0.1) is 0 Å². The lowest BCUT2D eigenvalue weighted by molar-refractivity contribution is -0.254. The molecule has 3 nitrogen and oxygen atoms in total. The van der Waals surface area contributed by atoms with Gasteiger partial charge in [0.15, 0.2) is 0 Å². The van der Waals surface area contributed by atoms with E-state index in [0.29, 0.717) is 11.1 Å². The highest BCUT2D eigenvalue weighted by Crippen LogP contribution is 2.26. The summed E-state index contributed by atoms with van der Waals surface area (Å²) in [5, 5.41) is 20.3. The van der Waals surface area contributed by atoms with Gasteiger partial charge in [0.05, 0.1) is 12.6 Å². The molecule has 0 atom stereocenters. The van der Waals surface area contributed by atoms with Gasteiger partial charge >= 0.3 is 0 Å². The van der Waals surface area contributed by atoms with Crippen LogP contribution in [0.2, 0.25) is 0 Å². The highest BCUT2D eigenvalue weighted by atomic mass is 16.4. The van der Waals surface area contributed by atoms with Crippen LogP contribution in [0.25, 0.3) is 11.1 Å². The first-order chi connectivity index (χ1) is 8.24. The zero-order valence-corrected chi connectivity index (χ0v) is 9.09. The van der Waals surface area contributed by atoms with Crippen molar-refractivity contribution in [2.24, 2.45) is 0 Å². The van der Waals surface area contributed by atoms with Crippen LogP contribution in [-0.4, -0.2) is 11.1 Å². The lowest BCUT2D eigenvalue weighted by Crippen LogP contribution is -2.23. The molecule has 0 spiro atoms. The van der Waals surface area contributed by atoms with E-state index in [-0.39, 0.29) is 12.2 Å². The maximum atomic E-state index is 11.0. The maximum absolute atomic E-state index is 11.0. The third kappa shape index (κ3) is 2.19. The number of aliphatic hydroxyl groups is 1. The Balaban J connectivity index is 2.64. The summed E-state index contributed by atoms with van der Waals surface area (Å²) in [5.41, 5.74) is 2.11. The van der Waals surface area contributed by atoms with E-state index in [2.05, 4.69) is 0 Å². The molecule has 0 aliphatic carbocycles. The van der Waals surface area contributed by atoms with Crippen molar-refractivity contribution in [1.29, 1.82) is 0 Å². The fourth-order valence-electron chi connectivity index (χ4n) is 1.82. The minimum atomic E-state index is -1.21. The van der Waals surface area contributed by atoms with Crippen LogP contribution in [0.15, 0.2) is 48.5 Å². The lowest BCUT2D eigenvalue weighted by Gasteiger charge is -2.13. The summed E-state index contributed by atoms with van der Waals surface area (Å²) in [6.45, 7) is -0.127. The van der Waals surface area contributed by atoms with Crippen LogP contribution in [0.1, 0.15) is 15.9 Å². The summed E-state index contributed by atoms with van der Waals surface area (Å²) < 4.78 is 0. The number of carbonyl (C=O) groups excluding carboxylic acids is 1. The Morgan fingerprint density at radius 3 is 2.24 bits per heavy atom.